The van der Waals surface area contributed by atoms with E-state index >= 15 is 0 Å². The number of nitrogens with zero attached hydrogens (tertiary/aromatic N) is 2. The fourth-order valence-electron chi connectivity index (χ4n) is 1.66. The zero-order chi connectivity index (χ0) is 11.7. The standard InChI is InChI=1S/C13H13BrN2/c1-8-9(2)15-10(3)16-13(8)11-4-6-12(14)7-5-11/h4-7H,1-3H3. The number of hydrogen-bond acceptors (Lipinski definition) is 2. The molecule has 0 fully saturated rings. The molecule has 2 aromatic rings. The summed E-state index contributed by atoms with van der Waals surface area (Å²) in [7, 11) is 0. The molecule has 0 bridgehead atoms. The molecule has 16 heavy (non-hydrogen) atoms. The van der Waals surface area contributed by atoms with Gasteiger partial charge in [-0.15, -0.1) is 0 Å². The van der Waals surface area contributed by atoms with Crippen molar-refractivity contribution in [3.05, 3.63) is 45.8 Å². The van der Waals surface area contributed by atoms with Gasteiger partial charge in [0.1, 0.15) is 5.82 Å². The van der Waals surface area contributed by atoms with E-state index in [1.165, 1.54) is 0 Å². The highest BCUT2D eigenvalue weighted by molar-refractivity contribution is 9.10. The van der Waals surface area contributed by atoms with Crippen LogP contribution >= 0.6 is 15.9 Å². The van der Waals surface area contributed by atoms with E-state index in [2.05, 4.69) is 45.0 Å². The van der Waals surface area contributed by atoms with Gasteiger partial charge in [0.05, 0.1) is 5.69 Å². The Labute approximate surface area is 104 Å². The second-order valence-electron chi connectivity index (χ2n) is 3.84. The smallest absolute Gasteiger partial charge is 0.126 e. The molecule has 0 atom stereocenters. The summed E-state index contributed by atoms with van der Waals surface area (Å²) in [5, 5.41) is 0. The summed E-state index contributed by atoms with van der Waals surface area (Å²) in [5.74, 6) is 0.820. The molecule has 2 rings (SSSR count). The van der Waals surface area contributed by atoms with Crippen LogP contribution in [0.3, 0.4) is 0 Å². The van der Waals surface area contributed by atoms with Gasteiger partial charge < -0.3 is 0 Å². The Kier molecular flexibility index (Phi) is 3.06. The average molecular weight is 277 g/mol. The van der Waals surface area contributed by atoms with Crippen molar-refractivity contribution in [3.8, 4) is 11.3 Å². The quantitative estimate of drug-likeness (QED) is 0.791. The summed E-state index contributed by atoms with van der Waals surface area (Å²) in [6.07, 6.45) is 0. The van der Waals surface area contributed by atoms with Gasteiger partial charge in [0.2, 0.25) is 0 Å². The molecule has 1 aromatic carbocycles. The minimum atomic E-state index is 0.820. The molecule has 1 heterocycles. The van der Waals surface area contributed by atoms with Crippen LogP contribution in [-0.2, 0) is 0 Å². The molecule has 0 saturated heterocycles. The fraction of sp³-hybridized carbons (Fsp3) is 0.231. The van der Waals surface area contributed by atoms with Crippen LogP contribution in [-0.4, -0.2) is 9.97 Å². The van der Waals surface area contributed by atoms with Crippen molar-refractivity contribution in [3.63, 3.8) is 0 Å². The van der Waals surface area contributed by atoms with Crippen LogP contribution in [0.4, 0.5) is 0 Å². The predicted octanol–water partition coefficient (Wildman–Crippen LogP) is 3.83. The van der Waals surface area contributed by atoms with Crippen LogP contribution in [0.1, 0.15) is 17.1 Å². The largest absolute Gasteiger partial charge is 0.238 e. The first-order valence-electron chi connectivity index (χ1n) is 5.15. The summed E-state index contributed by atoms with van der Waals surface area (Å²) < 4.78 is 1.08. The van der Waals surface area contributed by atoms with Gasteiger partial charge in [0.15, 0.2) is 0 Å². The lowest BCUT2D eigenvalue weighted by Crippen LogP contribution is -1.98. The van der Waals surface area contributed by atoms with Crippen molar-refractivity contribution in [1.82, 2.24) is 9.97 Å². The molecule has 0 amide bonds. The molecular formula is C13H13BrN2. The van der Waals surface area contributed by atoms with Gasteiger partial charge in [-0.3, -0.25) is 0 Å². The number of aromatic nitrogens is 2. The predicted molar refractivity (Wildman–Crippen MR) is 69.4 cm³/mol. The van der Waals surface area contributed by atoms with Crippen molar-refractivity contribution in [2.24, 2.45) is 0 Å². The van der Waals surface area contributed by atoms with E-state index in [0.717, 1.165) is 32.8 Å². The van der Waals surface area contributed by atoms with E-state index in [0.29, 0.717) is 0 Å². The van der Waals surface area contributed by atoms with Gasteiger partial charge in [-0.1, -0.05) is 28.1 Å². The molecule has 0 unspecified atom stereocenters. The lowest BCUT2D eigenvalue weighted by atomic mass is 10.1. The number of rotatable bonds is 1. The molecule has 0 N–H and O–H groups in total. The normalized spacial score (nSPS) is 10.5. The number of halogens is 1. The third kappa shape index (κ3) is 2.14. The summed E-state index contributed by atoms with van der Waals surface area (Å²) in [6, 6.07) is 8.19. The molecular weight excluding hydrogens is 264 g/mol. The molecule has 3 heteroatoms. The van der Waals surface area contributed by atoms with Crippen molar-refractivity contribution >= 4 is 15.9 Å². The monoisotopic (exact) mass is 276 g/mol. The summed E-state index contributed by atoms with van der Waals surface area (Å²) in [4.78, 5) is 8.86. The van der Waals surface area contributed by atoms with Crippen LogP contribution in [0.15, 0.2) is 28.7 Å². The Morgan fingerprint density at radius 1 is 0.938 bits per heavy atom. The lowest BCUT2D eigenvalue weighted by Gasteiger charge is -2.08. The van der Waals surface area contributed by atoms with E-state index in [1.54, 1.807) is 0 Å². The summed E-state index contributed by atoms with van der Waals surface area (Å²) >= 11 is 3.43. The Morgan fingerprint density at radius 3 is 2.19 bits per heavy atom. The van der Waals surface area contributed by atoms with Crippen molar-refractivity contribution in [2.45, 2.75) is 20.8 Å². The third-order valence-electron chi connectivity index (χ3n) is 2.62. The van der Waals surface area contributed by atoms with Crippen LogP contribution in [0, 0.1) is 20.8 Å². The highest BCUT2D eigenvalue weighted by Crippen LogP contribution is 2.24. The second kappa shape index (κ2) is 4.34. The third-order valence-corrected chi connectivity index (χ3v) is 3.15. The maximum Gasteiger partial charge on any atom is 0.126 e. The summed E-state index contributed by atoms with van der Waals surface area (Å²) in [5.41, 5.74) is 4.35. The van der Waals surface area contributed by atoms with Gasteiger partial charge >= 0.3 is 0 Å². The first-order chi connectivity index (χ1) is 7.58. The molecule has 1 aromatic heterocycles. The molecule has 0 saturated carbocycles. The highest BCUT2D eigenvalue weighted by atomic mass is 79.9. The molecule has 0 spiro atoms. The topological polar surface area (TPSA) is 25.8 Å². The Morgan fingerprint density at radius 2 is 1.56 bits per heavy atom. The molecule has 82 valence electrons. The highest BCUT2D eigenvalue weighted by Gasteiger charge is 2.07. The average Bonchev–Trinajstić information content (AvgIpc) is 2.25. The van der Waals surface area contributed by atoms with E-state index < -0.39 is 0 Å². The Bertz CT molecular complexity index is 518. The van der Waals surface area contributed by atoms with E-state index in [9.17, 15) is 0 Å². The lowest BCUT2D eigenvalue weighted by molar-refractivity contribution is 0.992. The second-order valence-corrected chi connectivity index (χ2v) is 4.75. The van der Waals surface area contributed by atoms with Gasteiger partial charge in [-0.2, -0.15) is 0 Å². The van der Waals surface area contributed by atoms with E-state index in [-0.39, 0.29) is 0 Å². The molecule has 0 aliphatic carbocycles. The number of benzene rings is 1. The van der Waals surface area contributed by atoms with Gasteiger partial charge in [0.25, 0.3) is 0 Å². The maximum absolute atomic E-state index is 4.51. The Hall–Kier alpha value is -1.22. The molecule has 0 aliphatic rings. The maximum atomic E-state index is 4.51. The fourth-order valence-corrected chi connectivity index (χ4v) is 1.92. The molecule has 0 aliphatic heterocycles. The van der Waals surface area contributed by atoms with Gasteiger partial charge in [-0.25, -0.2) is 9.97 Å². The number of hydrogen-bond donors (Lipinski definition) is 0. The zero-order valence-corrected chi connectivity index (χ0v) is 11.2. The van der Waals surface area contributed by atoms with Crippen LogP contribution in [0.25, 0.3) is 11.3 Å². The van der Waals surface area contributed by atoms with Crippen molar-refractivity contribution < 1.29 is 0 Å². The minimum Gasteiger partial charge on any atom is -0.238 e. The SMILES string of the molecule is Cc1nc(C)c(C)c(-c2ccc(Br)cc2)n1. The van der Waals surface area contributed by atoms with Crippen LogP contribution in [0.5, 0.6) is 0 Å². The molecule has 0 radical (unpaired) electrons. The number of aryl methyl sites for hydroxylation is 2. The first-order valence-corrected chi connectivity index (χ1v) is 5.95. The zero-order valence-electron chi connectivity index (χ0n) is 9.58. The Balaban J connectivity index is 2.59. The van der Waals surface area contributed by atoms with Crippen LogP contribution < -0.4 is 0 Å². The van der Waals surface area contributed by atoms with Crippen LogP contribution in [0.2, 0.25) is 0 Å². The van der Waals surface area contributed by atoms with Crippen molar-refractivity contribution in [2.75, 3.05) is 0 Å². The summed E-state index contributed by atoms with van der Waals surface area (Å²) in [6.45, 7) is 6.01. The van der Waals surface area contributed by atoms with E-state index in [1.807, 2.05) is 26.0 Å². The van der Waals surface area contributed by atoms with Gasteiger partial charge in [0, 0.05) is 15.7 Å². The first kappa shape index (κ1) is 11.3. The minimum absolute atomic E-state index is 0.820. The molecule has 2 nitrogen and oxygen atoms in total. The van der Waals surface area contributed by atoms with Crippen molar-refractivity contribution in [1.29, 1.82) is 0 Å². The van der Waals surface area contributed by atoms with Gasteiger partial charge in [-0.05, 0) is 38.5 Å². The van der Waals surface area contributed by atoms with E-state index in [4.69, 9.17) is 0 Å².